The maximum absolute atomic E-state index is 12.8. The molecule has 4 heteroatoms. The van der Waals surface area contributed by atoms with Gasteiger partial charge in [0.15, 0.2) is 0 Å². The second kappa shape index (κ2) is 6.23. The van der Waals surface area contributed by atoms with E-state index in [0.29, 0.717) is 13.0 Å². The lowest BCUT2D eigenvalue weighted by molar-refractivity contribution is -0.131. The van der Waals surface area contributed by atoms with Gasteiger partial charge < -0.3 is 9.32 Å². The number of rotatable bonds is 2. The van der Waals surface area contributed by atoms with Gasteiger partial charge in [-0.3, -0.25) is 4.79 Å². The number of furan rings is 1. The van der Waals surface area contributed by atoms with Crippen LogP contribution in [0.5, 0.6) is 0 Å². The predicted molar refractivity (Wildman–Crippen MR) is 100.0 cm³/mol. The van der Waals surface area contributed by atoms with Crippen LogP contribution in [0.25, 0.3) is 11.0 Å². The van der Waals surface area contributed by atoms with E-state index in [1.54, 1.807) is 6.26 Å². The zero-order valence-corrected chi connectivity index (χ0v) is 15.2. The van der Waals surface area contributed by atoms with E-state index in [1.165, 1.54) is 11.1 Å². The Morgan fingerprint density at radius 2 is 2.00 bits per heavy atom. The van der Waals surface area contributed by atoms with Gasteiger partial charge in [-0.25, -0.2) is 0 Å². The smallest absolute Gasteiger partial charge is 0.227 e. The van der Waals surface area contributed by atoms with Gasteiger partial charge >= 0.3 is 0 Å². The molecule has 0 fully saturated rings. The zero-order chi connectivity index (χ0) is 17.6. The molecule has 0 saturated heterocycles. The number of halogens is 1. The van der Waals surface area contributed by atoms with Gasteiger partial charge in [0.1, 0.15) is 5.58 Å². The SMILES string of the molecule is Cc1cc2occ(CC(=O)N3CCc4ccccc4C3)c2c(C)c1Cl. The van der Waals surface area contributed by atoms with Crippen molar-refractivity contribution in [1.82, 2.24) is 4.90 Å². The van der Waals surface area contributed by atoms with E-state index in [4.69, 9.17) is 16.0 Å². The number of hydrogen-bond acceptors (Lipinski definition) is 2. The molecule has 3 nitrogen and oxygen atoms in total. The van der Waals surface area contributed by atoms with Crippen LogP contribution < -0.4 is 0 Å². The number of hydrogen-bond donors (Lipinski definition) is 0. The highest BCUT2D eigenvalue weighted by Gasteiger charge is 2.22. The van der Waals surface area contributed by atoms with Crippen molar-refractivity contribution in [2.45, 2.75) is 33.2 Å². The van der Waals surface area contributed by atoms with Gasteiger partial charge in [0.25, 0.3) is 0 Å². The molecule has 4 rings (SSSR count). The minimum absolute atomic E-state index is 0.133. The molecule has 128 valence electrons. The molecule has 0 N–H and O–H groups in total. The summed E-state index contributed by atoms with van der Waals surface area (Å²) < 4.78 is 5.68. The summed E-state index contributed by atoms with van der Waals surface area (Å²) in [7, 11) is 0. The molecule has 2 heterocycles. The Morgan fingerprint density at radius 1 is 1.24 bits per heavy atom. The van der Waals surface area contributed by atoms with Crippen molar-refractivity contribution in [3.63, 3.8) is 0 Å². The fourth-order valence-electron chi connectivity index (χ4n) is 3.72. The first-order valence-electron chi connectivity index (χ1n) is 8.55. The van der Waals surface area contributed by atoms with Crippen molar-refractivity contribution in [2.24, 2.45) is 0 Å². The summed E-state index contributed by atoms with van der Waals surface area (Å²) >= 11 is 6.39. The highest BCUT2D eigenvalue weighted by atomic mass is 35.5. The van der Waals surface area contributed by atoms with Crippen LogP contribution in [0.1, 0.15) is 27.8 Å². The van der Waals surface area contributed by atoms with Gasteiger partial charge in [0.05, 0.1) is 12.7 Å². The summed E-state index contributed by atoms with van der Waals surface area (Å²) in [6.07, 6.45) is 2.96. The van der Waals surface area contributed by atoms with Crippen LogP contribution >= 0.6 is 11.6 Å². The van der Waals surface area contributed by atoms with Gasteiger partial charge in [-0.15, -0.1) is 0 Å². The van der Waals surface area contributed by atoms with Crippen LogP contribution in [0.4, 0.5) is 0 Å². The molecule has 0 atom stereocenters. The molecule has 2 aromatic carbocycles. The monoisotopic (exact) mass is 353 g/mol. The Kier molecular flexibility index (Phi) is 4.04. The third kappa shape index (κ3) is 2.83. The second-order valence-corrected chi connectivity index (χ2v) is 7.16. The molecular formula is C21H20ClNO2. The van der Waals surface area contributed by atoms with Crippen molar-refractivity contribution in [2.75, 3.05) is 6.54 Å². The molecule has 0 spiro atoms. The molecule has 1 aliphatic heterocycles. The Balaban J connectivity index is 1.60. The van der Waals surface area contributed by atoms with Crippen molar-refractivity contribution < 1.29 is 9.21 Å². The average Bonchev–Trinajstić information content (AvgIpc) is 3.01. The van der Waals surface area contributed by atoms with Crippen LogP contribution in [-0.2, 0) is 24.2 Å². The van der Waals surface area contributed by atoms with Gasteiger partial charge in [0.2, 0.25) is 5.91 Å². The van der Waals surface area contributed by atoms with Crippen LogP contribution in [0.2, 0.25) is 5.02 Å². The minimum atomic E-state index is 0.133. The number of aryl methyl sites for hydroxylation is 2. The van der Waals surface area contributed by atoms with Crippen LogP contribution in [-0.4, -0.2) is 17.4 Å². The quantitative estimate of drug-likeness (QED) is 0.661. The Labute approximate surface area is 152 Å². The largest absolute Gasteiger partial charge is 0.464 e. The molecule has 0 bridgehead atoms. The van der Waals surface area contributed by atoms with E-state index in [-0.39, 0.29) is 5.91 Å². The lowest BCUT2D eigenvalue weighted by atomic mass is 9.98. The lowest BCUT2D eigenvalue weighted by Gasteiger charge is -2.28. The average molecular weight is 354 g/mol. The Hall–Kier alpha value is -2.26. The van der Waals surface area contributed by atoms with E-state index in [2.05, 4.69) is 18.2 Å². The lowest BCUT2D eigenvalue weighted by Crippen LogP contribution is -2.36. The standard InChI is InChI=1S/C21H20ClNO2/c1-13-9-18-20(14(2)21(13)22)17(12-25-18)10-19(24)23-8-7-15-5-3-4-6-16(15)11-23/h3-6,9,12H,7-8,10-11H2,1-2H3. The first-order chi connectivity index (χ1) is 12.0. The van der Waals surface area contributed by atoms with E-state index in [1.807, 2.05) is 30.9 Å². The third-order valence-corrected chi connectivity index (χ3v) is 5.70. The number of carbonyl (C=O) groups excluding carboxylic acids is 1. The van der Waals surface area contributed by atoms with Gasteiger partial charge in [-0.1, -0.05) is 35.9 Å². The van der Waals surface area contributed by atoms with Crippen LogP contribution in [0, 0.1) is 13.8 Å². The van der Waals surface area contributed by atoms with Gasteiger partial charge in [-0.05, 0) is 48.6 Å². The number of carbonyl (C=O) groups is 1. The minimum Gasteiger partial charge on any atom is -0.464 e. The molecule has 0 aliphatic carbocycles. The number of amides is 1. The highest BCUT2D eigenvalue weighted by Crippen LogP contribution is 2.33. The number of benzene rings is 2. The Morgan fingerprint density at radius 3 is 2.80 bits per heavy atom. The molecule has 0 radical (unpaired) electrons. The Bertz CT molecular complexity index is 973. The topological polar surface area (TPSA) is 33.5 Å². The first kappa shape index (κ1) is 16.2. The molecule has 3 aromatic rings. The summed E-state index contributed by atoms with van der Waals surface area (Å²) in [6, 6.07) is 10.3. The summed E-state index contributed by atoms with van der Waals surface area (Å²) in [5.74, 6) is 0.133. The maximum Gasteiger partial charge on any atom is 0.227 e. The van der Waals surface area contributed by atoms with Crippen molar-refractivity contribution in [3.05, 3.63) is 69.4 Å². The zero-order valence-electron chi connectivity index (χ0n) is 14.4. The van der Waals surface area contributed by atoms with E-state index in [0.717, 1.165) is 45.6 Å². The fraction of sp³-hybridized carbons (Fsp3) is 0.286. The number of fused-ring (bicyclic) bond motifs is 2. The molecular weight excluding hydrogens is 334 g/mol. The normalized spacial score (nSPS) is 14.0. The van der Waals surface area contributed by atoms with E-state index < -0.39 is 0 Å². The number of nitrogens with zero attached hydrogens (tertiary/aromatic N) is 1. The summed E-state index contributed by atoms with van der Waals surface area (Å²) in [4.78, 5) is 14.8. The predicted octanol–water partition coefficient (Wildman–Crippen LogP) is 4.83. The fourth-order valence-corrected chi connectivity index (χ4v) is 3.87. The highest BCUT2D eigenvalue weighted by molar-refractivity contribution is 6.33. The van der Waals surface area contributed by atoms with Gasteiger partial charge in [-0.2, -0.15) is 0 Å². The van der Waals surface area contributed by atoms with Crippen molar-refractivity contribution in [1.29, 1.82) is 0 Å². The molecule has 1 aliphatic rings. The van der Waals surface area contributed by atoms with Crippen molar-refractivity contribution in [3.8, 4) is 0 Å². The summed E-state index contributed by atoms with van der Waals surface area (Å²) in [6.45, 7) is 5.40. The van der Waals surface area contributed by atoms with Crippen molar-refractivity contribution >= 4 is 28.5 Å². The van der Waals surface area contributed by atoms with E-state index in [9.17, 15) is 4.79 Å². The van der Waals surface area contributed by atoms with Crippen LogP contribution in [0.15, 0.2) is 41.0 Å². The molecule has 0 saturated carbocycles. The summed E-state index contributed by atoms with van der Waals surface area (Å²) in [5.41, 5.74) is 6.28. The summed E-state index contributed by atoms with van der Waals surface area (Å²) in [5, 5.41) is 1.72. The maximum atomic E-state index is 12.8. The van der Waals surface area contributed by atoms with Crippen LogP contribution in [0.3, 0.4) is 0 Å². The second-order valence-electron chi connectivity index (χ2n) is 6.78. The third-order valence-electron chi connectivity index (χ3n) is 5.12. The molecule has 0 unspecified atom stereocenters. The molecule has 1 amide bonds. The molecule has 25 heavy (non-hydrogen) atoms. The molecule has 1 aromatic heterocycles. The van der Waals surface area contributed by atoms with Gasteiger partial charge in [0, 0.05) is 29.1 Å². The first-order valence-corrected chi connectivity index (χ1v) is 8.92. The van der Waals surface area contributed by atoms with E-state index >= 15 is 0 Å².